The van der Waals surface area contributed by atoms with Crippen molar-refractivity contribution in [2.45, 2.75) is 6.92 Å². The van der Waals surface area contributed by atoms with Gasteiger partial charge in [0.2, 0.25) is 5.91 Å². The van der Waals surface area contributed by atoms with Gasteiger partial charge in [0.1, 0.15) is 0 Å². The molecule has 4 nitrogen and oxygen atoms in total. The highest BCUT2D eigenvalue weighted by atomic mass is 79.9. The number of aryl methyl sites for hydroxylation is 1. The number of thioether (sulfide) groups is 1. The third-order valence-electron chi connectivity index (χ3n) is 2.09. The topological polar surface area (TPSA) is 53.8 Å². The molecule has 0 bridgehead atoms. The van der Waals surface area contributed by atoms with Crippen LogP contribution in [0.5, 0.6) is 0 Å². The first-order valence-corrected chi connectivity index (χ1v) is 6.73. The minimum absolute atomic E-state index is 0.0273. The molecule has 0 aromatic heterocycles. The van der Waals surface area contributed by atoms with Crippen LogP contribution in [0.3, 0.4) is 0 Å². The minimum atomic E-state index is -0.0273. The van der Waals surface area contributed by atoms with Crippen molar-refractivity contribution in [2.75, 3.05) is 5.75 Å². The number of carbonyl (C=O) groups excluding carboxylic acids is 1. The fourth-order valence-corrected chi connectivity index (χ4v) is 2.49. The molecular weight excluding hydrogens is 302 g/mol. The van der Waals surface area contributed by atoms with E-state index in [2.05, 4.69) is 31.4 Å². The molecule has 1 N–H and O–H groups in total. The second-order valence-corrected chi connectivity index (χ2v) is 5.33. The Bertz CT molecular complexity index is 513. The van der Waals surface area contributed by atoms with Crippen LogP contribution >= 0.6 is 27.7 Å². The lowest BCUT2D eigenvalue weighted by Crippen LogP contribution is -2.19. The summed E-state index contributed by atoms with van der Waals surface area (Å²) in [6, 6.07) is 5.98. The maximum Gasteiger partial charge on any atom is 0.236 e. The van der Waals surface area contributed by atoms with Crippen molar-refractivity contribution >= 4 is 45.0 Å². The maximum absolute atomic E-state index is 10.9. The molecule has 2 rings (SSSR count). The van der Waals surface area contributed by atoms with Crippen LogP contribution < -0.4 is 5.32 Å². The molecule has 1 heterocycles. The highest BCUT2D eigenvalue weighted by Crippen LogP contribution is 2.16. The summed E-state index contributed by atoms with van der Waals surface area (Å²) < 4.78 is 0.976. The lowest BCUT2D eigenvalue weighted by Gasteiger charge is -1.98. The van der Waals surface area contributed by atoms with E-state index in [9.17, 15) is 4.79 Å². The summed E-state index contributed by atoms with van der Waals surface area (Å²) in [4.78, 5) is 10.9. The molecule has 0 spiro atoms. The van der Waals surface area contributed by atoms with Crippen molar-refractivity contribution in [1.29, 1.82) is 0 Å². The quantitative estimate of drug-likeness (QED) is 0.673. The Morgan fingerprint density at radius 1 is 1.53 bits per heavy atom. The van der Waals surface area contributed by atoms with Crippen LogP contribution in [0.4, 0.5) is 0 Å². The Morgan fingerprint density at radius 2 is 2.35 bits per heavy atom. The maximum atomic E-state index is 10.9. The number of hydrogen-bond donors (Lipinski definition) is 1. The first-order valence-electron chi connectivity index (χ1n) is 4.95. The number of amidine groups is 1. The van der Waals surface area contributed by atoms with Crippen LogP contribution in [0.15, 0.2) is 32.9 Å². The first kappa shape index (κ1) is 12.3. The minimum Gasteiger partial charge on any atom is -0.303 e. The Morgan fingerprint density at radius 3 is 3.00 bits per heavy atom. The van der Waals surface area contributed by atoms with E-state index >= 15 is 0 Å². The van der Waals surface area contributed by atoms with Gasteiger partial charge >= 0.3 is 0 Å². The fraction of sp³-hybridized carbons (Fsp3) is 0.182. The molecule has 1 fully saturated rings. The van der Waals surface area contributed by atoms with E-state index in [0.717, 1.165) is 10.0 Å². The number of rotatable bonds is 2. The van der Waals surface area contributed by atoms with E-state index in [4.69, 9.17) is 0 Å². The summed E-state index contributed by atoms with van der Waals surface area (Å²) in [7, 11) is 0. The molecule has 1 aromatic rings. The summed E-state index contributed by atoms with van der Waals surface area (Å²) in [5, 5.41) is 11.0. The summed E-state index contributed by atoms with van der Waals surface area (Å²) in [5.74, 6) is 0.392. The van der Waals surface area contributed by atoms with Gasteiger partial charge in [-0.2, -0.15) is 5.10 Å². The number of nitrogens with zero attached hydrogens (tertiary/aromatic N) is 2. The molecule has 0 radical (unpaired) electrons. The third-order valence-corrected chi connectivity index (χ3v) is 3.64. The van der Waals surface area contributed by atoms with Gasteiger partial charge in [-0.3, -0.25) is 4.79 Å². The molecule has 17 heavy (non-hydrogen) atoms. The van der Waals surface area contributed by atoms with Gasteiger partial charge in [0.15, 0.2) is 5.17 Å². The van der Waals surface area contributed by atoms with Gasteiger partial charge in [-0.15, -0.1) is 5.10 Å². The van der Waals surface area contributed by atoms with Crippen LogP contribution in [0.2, 0.25) is 0 Å². The average molecular weight is 312 g/mol. The second kappa shape index (κ2) is 5.46. The zero-order chi connectivity index (χ0) is 12.3. The Labute approximate surface area is 112 Å². The Kier molecular flexibility index (Phi) is 3.96. The van der Waals surface area contributed by atoms with Crippen LogP contribution in [0, 0.1) is 6.92 Å². The molecule has 0 atom stereocenters. The van der Waals surface area contributed by atoms with Crippen LogP contribution in [0.1, 0.15) is 11.1 Å². The molecule has 1 aromatic carbocycles. The van der Waals surface area contributed by atoms with Gasteiger partial charge < -0.3 is 5.32 Å². The number of hydrogen-bond acceptors (Lipinski definition) is 4. The number of halogens is 1. The first-order chi connectivity index (χ1) is 8.15. The lowest BCUT2D eigenvalue weighted by atomic mass is 10.2. The molecule has 0 aliphatic carbocycles. The monoisotopic (exact) mass is 311 g/mol. The van der Waals surface area contributed by atoms with Crippen LogP contribution in [-0.2, 0) is 4.79 Å². The number of amides is 1. The van der Waals surface area contributed by atoms with Gasteiger partial charge in [-0.25, -0.2) is 0 Å². The lowest BCUT2D eigenvalue weighted by molar-refractivity contribution is -0.116. The normalized spacial score (nSPS) is 18.0. The SMILES string of the molecule is Cc1ccc(C=NN=C2NC(=O)CS2)c(Br)c1. The van der Waals surface area contributed by atoms with E-state index in [1.54, 1.807) is 6.21 Å². The number of nitrogens with one attached hydrogen (secondary N) is 1. The molecule has 6 heteroatoms. The van der Waals surface area contributed by atoms with Crippen LogP contribution in [0.25, 0.3) is 0 Å². The number of benzene rings is 1. The van der Waals surface area contributed by atoms with Gasteiger partial charge in [0.05, 0.1) is 12.0 Å². The Hall–Kier alpha value is -1.14. The summed E-state index contributed by atoms with van der Waals surface area (Å²) in [6.07, 6.45) is 1.65. The molecule has 88 valence electrons. The van der Waals surface area contributed by atoms with E-state index in [0.29, 0.717) is 10.9 Å². The van der Waals surface area contributed by atoms with Crippen molar-refractivity contribution in [1.82, 2.24) is 5.32 Å². The zero-order valence-corrected chi connectivity index (χ0v) is 11.5. The standard InChI is InChI=1S/C11H10BrN3OS/c1-7-2-3-8(9(12)4-7)5-13-15-11-14-10(16)6-17-11/h2-5H,6H2,1H3,(H,14,15,16). The highest BCUT2D eigenvalue weighted by Gasteiger charge is 2.15. The number of carbonyl (C=O) groups is 1. The molecule has 1 aliphatic heterocycles. The average Bonchev–Trinajstić information content (AvgIpc) is 2.68. The van der Waals surface area contributed by atoms with Gasteiger partial charge in [-0.05, 0) is 18.6 Å². The highest BCUT2D eigenvalue weighted by molar-refractivity contribution is 9.10. The molecule has 1 saturated heterocycles. The van der Waals surface area contributed by atoms with E-state index < -0.39 is 0 Å². The van der Waals surface area contributed by atoms with Crippen molar-refractivity contribution < 1.29 is 4.79 Å². The van der Waals surface area contributed by atoms with Crippen molar-refractivity contribution in [3.8, 4) is 0 Å². The molecule has 1 amide bonds. The van der Waals surface area contributed by atoms with E-state index in [1.807, 2.05) is 25.1 Å². The van der Waals surface area contributed by atoms with E-state index in [-0.39, 0.29) is 5.91 Å². The molecule has 0 unspecified atom stereocenters. The van der Waals surface area contributed by atoms with Gasteiger partial charge in [0, 0.05) is 10.0 Å². The van der Waals surface area contributed by atoms with Crippen LogP contribution in [-0.4, -0.2) is 23.0 Å². The predicted octanol–water partition coefficient (Wildman–Crippen LogP) is 2.31. The van der Waals surface area contributed by atoms with Crippen molar-refractivity contribution in [3.05, 3.63) is 33.8 Å². The second-order valence-electron chi connectivity index (χ2n) is 3.51. The largest absolute Gasteiger partial charge is 0.303 e. The Balaban J connectivity index is 2.08. The van der Waals surface area contributed by atoms with E-state index in [1.165, 1.54) is 17.3 Å². The zero-order valence-electron chi connectivity index (χ0n) is 9.11. The smallest absolute Gasteiger partial charge is 0.236 e. The predicted molar refractivity (Wildman–Crippen MR) is 74.5 cm³/mol. The summed E-state index contributed by atoms with van der Waals surface area (Å²) in [6.45, 7) is 2.02. The van der Waals surface area contributed by atoms with Crippen molar-refractivity contribution in [2.24, 2.45) is 10.2 Å². The molecular formula is C11H10BrN3OS. The molecule has 0 saturated carbocycles. The summed E-state index contributed by atoms with van der Waals surface area (Å²) >= 11 is 4.81. The molecule has 1 aliphatic rings. The summed E-state index contributed by atoms with van der Waals surface area (Å²) in [5.41, 5.74) is 2.13. The van der Waals surface area contributed by atoms with Gasteiger partial charge in [-0.1, -0.05) is 39.8 Å². The third kappa shape index (κ3) is 3.41. The fourth-order valence-electron chi connectivity index (χ4n) is 1.26. The van der Waals surface area contributed by atoms with Gasteiger partial charge in [0.25, 0.3) is 0 Å². The van der Waals surface area contributed by atoms with Crippen molar-refractivity contribution in [3.63, 3.8) is 0 Å².